The van der Waals surface area contributed by atoms with E-state index < -0.39 is 0 Å². The summed E-state index contributed by atoms with van der Waals surface area (Å²) in [7, 11) is 0. The summed E-state index contributed by atoms with van der Waals surface area (Å²) < 4.78 is 15.9. The number of hydrogen-bond acceptors (Lipinski definition) is 8. The number of carbonyl (C=O) groups excluding carboxylic acids is 2. The molecule has 9 nitrogen and oxygen atoms in total. The van der Waals surface area contributed by atoms with E-state index in [9.17, 15) is 9.59 Å². The molecule has 0 atom stereocenters. The first-order chi connectivity index (χ1) is 15.0. The Labute approximate surface area is 186 Å². The second kappa shape index (κ2) is 13.8. The summed E-state index contributed by atoms with van der Waals surface area (Å²) in [6.07, 6.45) is 0.167. The van der Waals surface area contributed by atoms with Gasteiger partial charge in [0, 0.05) is 11.4 Å². The summed E-state index contributed by atoms with van der Waals surface area (Å²) >= 11 is 1.41. The van der Waals surface area contributed by atoms with Crippen LogP contribution in [0.3, 0.4) is 0 Å². The van der Waals surface area contributed by atoms with Gasteiger partial charge in [0.1, 0.15) is 0 Å². The average Bonchev–Trinajstić information content (AvgIpc) is 3.06. The van der Waals surface area contributed by atoms with Crippen LogP contribution >= 0.6 is 11.3 Å². The van der Waals surface area contributed by atoms with E-state index >= 15 is 0 Å². The largest absolute Gasteiger partial charge is 0.379 e. The van der Waals surface area contributed by atoms with Crippen LogP contribution in [-0.4, -0.2) is 63.0 Å². The van der Waals surface area contributed by atoms with Crippen LogP contribution in [0.5, 0.6) is 0 Å². The molecule has 1 aromatic carbocycles. The number of aryl methyl sites for hydroxylation is 2. The normalized spacial score (nSPS) is 10.8. The second-order valence-electron chi connectivity index (χ2n) is 6.58. The first-order valence-electron chi connectivity index (χ1n) is 10.1. The Kier molecular flexibility index (Phi) is 11.1. The molecule has 0 saturated heterocycles. The van der Waals surface area contributed by atoms with Crippen molar-refractivity contribution in [1.29, 1.82) is 0 Å². The number of amides is 2. The highest BCUT2D eigenvalue weighted by Crippen LogP contribution is 2.23. The lowest BCUT2D eigenvalue weighted by Crippen LogP contribution is -2.19. The Balaban J connectivity index is 1.71. The second-order valence-corrected chi connectivity index (χ2v) is 7.79. The molecule has 31 heavy (non-hydrogen) atoms. The van der Waals surface area contributed by atoms with Gasteiger partial charge in [0.05, 0.1) is 63.0 Å². The number of anilines is 2. The molecule has 0 fully saturated rings. The van der Waals surface area contributed by atoms with E-state index in [0.717, 1.165) is 10.6 Å². The Hall–Kier alpha value is -2.37. The molecule has 170 valence electrons. The van der Waals surface area contributed by atoms with Crippen molar-refractivity contribution < 1.29 is 23.8 Å². The minimum absolute atomic E-state index is 0.167. The van der Waals surface area contributed by atoms with Crippen molar-refractivity contribution in [3.63, 3.8) is 0 Å². The van der Waals surface area contributed by atoms with Crippen LogP contribution in [0.25, 0.3) is 0 Å². The first-order valence-corrected chi connectivity index (χ1v) is 10.9. The maximum absolute atomic E-state index is 12.6. The highest BCUT2D eigenvalue weighted by Gasteiger charge is 2.15. The molecule has 0 unspecified atom stereocenters. The molecule has 0 spiro atoms. The molecule has 2 rings (SSSR count). The van der Waals surface area contributed by atoms with Gasteiger partial charge < -0.3 is 25.3 Å². The lowest BCUT2D eigenvalue weighted by Gasteiger charge is -2.11. The van der Waals surface area contributed by atoms with Crippen molar-refractivity contribution in [3.05, 3.63) is 40.4 Å². The molecule has 0 radical (unpaired) electrons. The van der Waals surface area contributed by atoms with E-state index in [2.05, 4.69) is 15.6 Å². The Morgan fingerprint density at radius 2 is 1.61 bits per heavy atom. The molecule has 1 aromatic heterocycles. The molecular weight excluding hydrogens is 420 g/mol. The summed E-state index contributed by atoms with van der Waals surface area (Å²) in [5, 5.41) is 6.08. The SMILES string of the molecule is Cc1nc(NC(=O)c2ccccc2NC(=O)CCOCCOCCOCCN)sc1C. The van der Waals surface area contributed by atoms with E-state index in [1.807, 2.05) is 13.8 Å². The van der Waals surface area contributed by atoms with E-state index in [-0.39, 0.29) is 24.8 Å². The molecule has 0 aliphatic carbocycles. The van der Waals surface area contributed by atoms with Crippen LogP contribution in [-0.2, 0) is 19.0 Å². The van der Waals surface area contributed by atoms with Gasteiger partial charge in [-0.15, -0.1) is 11.3 Å². The number of hydrogen-bond donors (Lipinski definition) is 3. The summed E-state index contributed by atoms with van der Waals surface area (Å²) in [5.74, 6) is -0.564. The topological polar surface area (TPSA) is 125 Å². The minimum Gasteiger partial charge on any atom is -0.379 e. The molecule has 2 amide bonds. The van der Waals surface area contributed by atoms with Crippen molar-refractivity contribution in [2.45, 2.75) is 20.3 Å². The summed E-state index contributed by atoms with van der Waals surface area (Å²) in [4.78, 5) is 30.2. The third kappa shape index (κ3) is 9.11. The van der Waals surface area contributed by atoms with E-state index in [0.29, 0.717) is 56.0 Å². The van der Waals surface area contributed by atoms with Crippen LogP contribution < -0.4 is 16.4 Å². The zero-order valence-electron chi connectivity index (χ0n) is 17.9. The number of nitrogens with zero attached hydrogens (tertiary/aromatic N) is 1. The van der Waals surface area contributed by atoms with Gasteiger partial charge in [0.15, 0.2) is 5.13 Å². The molecule has 0 saturated carbocycles. The van der Waals surface area contributed by atoms with Crippen LogP contribution in [0.4, 0.5) is 10.8 Å². The van der Waals surface area contributed by atoms with Crippen LogP contribution in [0.1, 0.15) is 27.3 Å². The van der Waals surface area contributed by atoms with Crippen molar-refractivity contribution in [1.82, 2.24) is 4.98 Å². The third-order valence-corrected chi connectivity index (χ3v) is 5.16. The van der Waals surface area contributed by atoms with Crippen LogP contribution in [0.15, 0.2) is 24.3 Å². The van der Waals surface area contributed by atoms with Gasteiger partial charge in [-0.05, 0) is 26.0 Å². The number of thiazole rings is 1. The standard InChI is InChI=1S/C21H30N4O5S/c1-15-16(2)31-21(23-15)25-20(27)17-5-3-4-6-18(17)24-19(26)7-9-28-11-13-30-14-12-29-10-8-22/h3-6H,7-14,22H2,1-2H3,(H,24,26)(H,23,25,27). The number of ether oxygens (including phenoxy) is 3. The Morgan fingerprint density at radius 3 is 2.26 bits per heavy atom. The molecule has 0 aliphatic rings. The quantitative estimate of drug-likeness (QED) is 0.377. The highest BCUT2D eigenvalue weighted by atomic mass is 32.1. The molecular formula is C21H30N4O5S. The van der Waals surface area contributed by atoms with Gasteiger partial charge in [0.25, 0.3) is 5.91 Å². The number of rotatable bonds is 14. The zero-order valence-corrected chi connectivity index (χ0v) is 18.8. The molecule has 0 bridgehead atoms. The Morgan fingerprint density at radius 1 is 0.968 bits per heavy atom. The first kappa shape index (κ1) is 24.9. The van der Waals surface area contributed by atoms with Gasteiger partial charge in [-0.3, -0.25) is 14.9 Å². The Bertz CT molecular complexity index is 823. The van der Waals surface area contributed by atoms with E-state index in [1.54, 1.807) is 24.3 Å². The maximum Gasteiger partial charge on any atom is 0.259 e. The van der Waals surface area contributed by atoms with Gasteiger partial charge in [-0.1, -0.05) is 12.1 Å². The zero-order chi connectivity index (χ0) is 22.5. The fourth-order valence-electron chi connectivity index (χ4n) is 2.48. The smallest absolute Gasteiger partial charge is 0.259 e. The third-order valence-electron chi connectivity index (χ3n) is 4.17. The predicted octanol–water partition coefficient (Wildman–Crippen LogP) is 2.35. The number of nitrogens with two attached hydrogens (primary N) is 1. The number of benzene rings is 1. The lowest BCUT2D eigenvalue weighted by atomic mass is 10.1. The summed E-state index contributed by atoms with van der Waals surface area (Å²) in [6.45, 7) is 6.88. The molecule has 10 heteroatoms. The van der Waals surface area contributed by atoms with Crippen molar-refractivity contribution in [2.24, 2.45) is 5.73 Å². The molecule has 1 heterocycles. The lowest BCUT2D eigenvalue weighted by molar-refractivity contribution is -0.117. The molecule has 4 N–H and O–H groups in total. The number of para-hydroxylation sites is 1. The predicted molar refractivity (Wildman–Crippen MR) is 121 cm³/mol. The maximum atomic E-state index is 12.6. The summed E-state index contributed by atoms with van der Waals surface area (Å²) in [6, 6.07) is 6.85. The van der Waals surface area contributed by atoms with Crippen LogP contribution in [0, 0.1) is 13.8 Å². The van der Waals surface area contributed by atoms with Gasteiger partial charge >= 0.3 is 0 Å². The van der Waals surface area contributed by atoms with Gasteiger partial charge in [0.2, 0.25) is 5.91 Å². The van der Waals surface area contributed by atoms with E-state index in [1.165, 1.54) is 11.3 Å². The number of nitrogens with one attached hydrogen (secondary N) is 2. The van der Waals surface area contributed by atoms with Crippen LogP contribution in [0.2, 0.25) is 0 Å². The van der Waals surface area contributed by atoms with Crippen molar-refractivity contribution in [3.8, 4) is 0 Å². The fraction of sp³-hybridized carbons (Fsp3) is 0.476. The van der Waals surface area contributed by atoms with E-state index in [4.69, 9.17) is 19.9 Å². The van der Waals surface area contributed by atoms with Gasteiger partial charge in [-0.25, -0.2) is 4.98 Å². The molecule has 2 aromatic rings. The fourth-order valence-corrected chi connectivity index (χ4v) is 3.29. The van der Waals surface area contributed by atoms with Crippen molar-refractivity contribution in [2.75, 3.05) is 56.8 Å². The van der Waals surface area contributed by atoms with Gasteiger partial charge in [-0.2, -0.15) is 0 Å². The van der Waals surface area contributed by atoms with Crippen molar-refractivity contribution >= 4 is 34.0 Å². The minimum atomic E-state index is -0.325. The number of carbonyl (C=O) groups is 2. The average molecular weight is 451 g/mol. The number of aromatic nitrogens is 1. The monoisotopic (exact) mass is 450 g/mol. The molecule has 0 aliphatic heterocycles. The highest BCUT2D eigenvalue weighted by molar-refractivity contribution is 7.15. The summed E-state index contributed by atoms with van der Waals surface area (Å²) in [5.41, 5.74) is 7.01.